The van der Waals surface area contributed by atoms with Crippen molar-refractivity contribution >= 4 is 39.5 Å². The topological polar surface area (TPSA) is 237 Å². The van der Waals surface area contributed by atoms with Crippen LogP contribution in [0.15, 0.2) is 170 Å². The van der Waals surface area contributed by atoms with E-state index in [9.17, 15) is 43.2 Å². The molecule has 0 aromatic rings. The Labute approximate surface area is 629 Å². The van der Waals surface area contributed by atoms with Crippen LogP contribution in [0.4, 0.5) is 0 Å². The first-order valence-electron chi connectivity index (χ1n) is 39.4. The lowest BCUT2D eigenvalue weighted by molar-refractivity contribution is -0.161. The minimum absolute atomic E-state index is 0.0261. The lowest BCUT2D eigenvalue weighted by Crippen LogP contribution is -2.30. The van der Waals surface area contributed by atoms with Gasteiger partial charge >= 0.3 is 39.5 Å². The summed E-state index contributed by atoms with van der Waals surface area (Å²) < 4.78 is 68.4. The van der Waals surface area contributed by atoms with Gasteiger partial charge in [-0.15, -0.1) is 0 Å². The third-order valence-corrected chi connectivity index (χ3v) is 17.6. The van der Waals surface area contributed by atoms with Crippen LogP contribution in [0.5, 0.6) is 0 Å². The summed E-state index contributed by atoms with van der Waals surface area (Å²) in [7, 11) is -10.0. The van der Waals surface area contributed by atoms with Crippen molar-refractivity contribution < 1.29 is 80.2 Å². The summed E-state index contributed by atoms with van der Waals surface area (Å²) in [5, 5.41) is 10.6. The smallest absolute Gasteiger partial charge is 0.462 e. The fourth-order valence-corrected chi connectivity index (χ4v) is 11.4. The summed E-state index contributed by atoms with van der Waals surface area (Å²) in [6, 6.07) is 0. The normalized spacial score (nSPS) is 14.8. The average Bonchev–Trinajstić information content (AvgIpc) is 0.918. The Kier molecular flexibility index (Phi) is 71.6. The molecule has 0 aliphatic carbocycles. The van der Waals surface area contributed by atoms with Gasteiger partial charge in [0.15, 0.2) is 12.2 Å². The zero-order chi connectivity index (χ0) is 76.0. The van der Waals surface area contributed by atoms with Crippen molar-refractivity contribution in [1.29, 1.82) is 0 Å². The van der Waals surface area contributed by atoms with Crippen LogP contribution in [0.25, 0.3) is 0 Å². The van der Waals surface area contributed by atoms with Crippen LogP contribution in [-0.2, 0) is 65.4 Å². The van der Waals surface area contributed by atoms with E-state index in [2.05, 4.69) is 180 Å². The van der Waals surface area contributed by atoms with Crippen LogP contribution in [0.3, 0.4) is 0 Å². The number of carbonyl (C=O) groups is 4. The summed E-state index contributed by atoms with van der Waals surface area (Å²) >= 11 is 0. The molecule has 19 heteroatoms. The Balaban J connectivity index is 5.50. The predicted octanol–water partition coefficient (Wildman–Crippen LogP) is 23.0. The van der Waals surface area contributed by atoms with E-state index in [4.69, 9.17) is 37.0 Å². The van der Waals surface area contributed by atoms with Gasteiger partial charge in [0.25, 0.3) is 0 Å². The van der Waals surface area contributed by atoms with Gasteiger partial charge in [-0.3, -0.25) is 37.3 Å². The van der Waals surface area contributed by atoms with Crippen molar-refractivity contribution in [2.75, 3.05) is 39.6 Å². The molecule has 17 nitrogen and oxygen atoms in total. The zero-order valence-electron chi connectivity index (χ0n) is 64.4. The molecule has 590 valence electrons. The van der Waals surface area contributed by atoms with E-state index in [1.807, 2.05) is 18.2 Å². The van der Waals surface area contributed by atoms with E-state index in [0.29, 0.717) is 38.5 Å². The van der Waals surface area contributed by atoms with Crippen LogP contribution in [0.2, 0.25) is 0 Å². The summed E-state index contributed by atoms with van der Waals surface area (Å²) in [5.74, 6) is -2.38. The van der Waals surface area contributed by atoms with Crippen LogP contribution >= 0.6 is 15.6 Å². The molecule has 0 aliphatic rings. The molecule has 0 heterocycles. The molecule has 0 aromatic heterocycles. The molecule has 0 spiro atoms. The predicted molar refractivity (Wildman–Crippen MR) is 426 cm³/mol. The first kappa shape index (κ1) is 98.4. The summed E-state index contributed by atoms with van der Waals surface area (Å²) in [5.41, 5.74) is 0. The highest BCUT2D eigenvalue weighted by Crippen LogP contribution is 2.45. The van der Waals surface area contributed by atoms with Gasteiger partial charge in [-0.25, -0.2) is 9.13 Å². The third-order valence-electron chi connectivity index (χ3n) is 15.7. The molecule has 0 saturated heterocycles. The molecule has 5 unspecified atom stereocenters. The summed E-state index contributed by atoms with van der Waals surface area (Å²) in [6.45, 7) is 4.34. The van der Waals surface area contributed by atoms with Gasteiger partial charge in [0, 0.05) is 25.7 Å². The highest BCUT2D eigenvalue weighted by molar-refractivity contribution is 7.47. The van der Waals surface area contributed by atoms with Crippen molar-refractivity contribution in [3.05, 3.63) is 170 Å². The molecular weight excluding hydrogens is 1350 g/mol. The van der Waals surface area contributed by atoms with Crippen LogP contribution in [0.1, 0.15) is 285 Å². The van der Waals surface area contributed by atoms with Gasteiger partial charge in [-0.2, -0.15) is 0 Å². The Bertz CT molecular complexity index is 2640. The van der Waals surface area contributed by atoms with Gasteiger partial charge in [-0.05, 0) is 141 Å². The van der Waals surface area contributed by atoms with E-state index in [1.54, 1.807) is 0 Å². The number of allylic oxidation sites excluding steroid dienone is 28. The van der Waals surface area contributed by atoms with Crippen LogP contribution < -0.4 is 0 Å². The van der Waals surface area contributed by atoms with Crippen LogP contribution in [0, 0.1) is 0 Å². The lowest BCUT2D eigenvalue weighted by atomic mass is 10.0. The first-order valence-corrected chi connectivity index (χ1v) is 42.4. The Morgan fingerprint density at radius 2 is 0.519 bits per heavy atom. The molecule has 0 saturated carbocycles. The summed E-state index contributed by atoms with van der Waals surface area (Å²) in [4.78, 5) is 72.9. The quantitative estimate of drug-likeness (QED) is 0.0169. The monoisotopic (exact) mass is 1490 g/mol. The fourth-order valence-electron chi connectivity index (χ4n) is 9.82. The molecule has 0 fully saturated rings. The van der Waals surface area contributed by atoms with E-state index < -0.39 is 97.5 Å². The zero-order valence-corrected chi connectivity index (χ0v) is 66.2. The highest BCUT2D eigenvalue weighted by atomic mass is 31.2. The number of rotatable bonds is 72. The number of ether oxygens (including phenoxy) is 4. The molecule has 5 atom stereocenters. The second kappa shape index (κ2) is 75.6. The van der Waals surface area contributed by atoms with Crippen molar-refractivity contribution in [3.8, 4) is 0 Å². The van der Waals surface area contributed by atoms with Gasteiger partial charge < -0.3 is 33.8 Å². The maximum atomic E-state index is 13.1. The number of aliphatic hydroxyl groups is 1. The largest absolute Gasteiger partial charge is 0.472 e. The van der Waals surface area contributed by atoms with Crippen molar-refractivity contribution in [1.82, 2.24) is 0 Å². The molecule has 0 aromatic carbocycles. The molecule has 104 heavy (non-hydrogen) atoms. The second-order valence-corrected chi connectivity index (χ2v) is 28.4. The maximum Gasteiger partial charge on any atom is 0.472 e. The van der Waals surface area contributed by atoms with Gasteiger partial charge in [-0.1, -0.05) is 288 Å². The first-order chi connectivity index (χ1) is 50.7. The van der Waals surface area contributed by atoms with Gasteiger partial charge in [0.1, 0.15) is 19.3 Å². The number of unbranched alkanes of at least 4 members (excludes halogenated alkanes) is 18. The van der Waals surface area contributed by atoms with E-state index in [1.165, 1.54) is 64.2 Å². The van der Waals surface area contributed by atoms with E-state index in [0.717, 1.165) is 128 Å². The molecule has 0 aliphatic heterocycles. The van der Waals surface area contributed by atoms with Gasteiger partial charge in [0.05, 0.1) is 26.4 Å². The minimum Gasteiger partial charge on any atom is -0.462 e. The Morgan fingerprint density at radius 1 is 0.279 bits per heavy atom. The SMILES string of the molecule is CC/C=C\C/C=C\C/C=C\C/C=C\C/C=C\C/C=C\CCC(=O)OCC(COP(=O)(O)OCC(O)COP(=O)(O)OCC(COC(=O)CCCC/C=C\C/C=C\C/C=C\C/C=C\CC)OC(=O)CCCC/C=C\C/C=C\C/C=C\C/C=C\CC)OC(=O)CCCCCCCCCCCCCCCCC. The molecule has 0 bridgehead atoms. The molecule has 0 amide bonds. The highest BCUT2D eigenvalue weighted by Gasteiger charge is 2.30. The average molecular weight is 1490 g/mol. The fraction of sp³-hybridized carbons (Fsp3) is 0.624. The number of phosphoric ester groups is 2. The number of phosphoric acid groups is 2. The van der Waals surface area contributed by atoms with Crippen molar-refractivity contribution in [2.24, 2.45) is 0 Å². The van der Waals surface area contributed by atoms with Crippen molar-refractivity contribution in [2.45, 2.75) is 303 Å². The Morgan fingerprint density at radius 3 is 0.827 bits per heavy atom. The number of hydrogen-bond acceptors (Lipinski definition) is 15. The van der Waals surface area contributed by atoms with Crippen molar-refractivity contribution in [3.63, 3.8) is 0 Å². The number of carbonyl (C=O) groups excluding carboxylic acids is 4. The number of aliphatic hydroxyl groups excluding tert-OH is 1. The maximum absolute atomic E-state index is 13.1. The second-order valence-electron chi connectivity index (χ2n) is 25.5. The minimum atomic E-state index is -5.01. The summed E-state index contributed by atoms with van der Waals surface area (Å²) in [6.07, 6.45) is 89.3. The molecule has 0 rings (SSSR count). The Hall–Kier alpha value is -5.58. The lowest BCUT2D eigenvalue weighted by Gasteiger charge is -2.21. The molecular formula is C85H138O17P2. The van der Waals surface area contributed by atoms with Crippen LogP contribution in [-0.4, -0.2) is 96.7 Å². The standard InChI is InChI=1S/C85H138O17P2/c1-5-9-13-17-21-25-29-33-37-38-39-40-44-46-50-54-58-62-66-70-83(88)96-76-81(102-85(90)72-68-64-60-56-52-48-43-36-32-28-24-20-16-12-8-4)78-100-104(93,94)98-74-79(86)73-97-103(91,92)99-77-80(101-84(89)71-67-63-59-55-51-47-42-35-31-27-23-19-15-11-7-3)75-95-82(87)69-65-61-57-53-49-45-41-34-30-26-22-18-14-10-6-2/h9-11,13-15,21-23,25-27,33-35,37,39-42,46,49-51,53,55,58,62,79-81,86H,5-8,12,16-20,24,28-32,36,38,43-45,47-48,52,54,56-57,59-61,63-78H2,1-4H3,(H,91,92)(H,93,94)/b13-9-,14-10-,15-11-,25-21-,26-22-,27-23-,37-33-,40-39-,41-34-,42-35-,50-46-,53-49-,55-51-,62-58-. The molecule has 0 radical (unpaired) electrons. The molecule has 3 N–H and O–H groups in total. The van der Waals surface area contributed by atoms with Gasteiger partial charge in [0.2, 0.25) is 0 Å². The number of hydrogen-bond donors (Lipinski definition) is 3. The third kappa shape index (κ3) is 74.7. The van der Waals surface area contributed by atoms with E-state index in [-0.39, 0.29) is 25.7 Å². The number of esters is 4. The van der Waals surface area contributed by atoms with E-state index >= 15 is 0 Å².